The van der Waals surface area contributed by atoms with Gasteiger partial charge >= 0.3 is 5.97 Å². The number of amides is 1. The summed E-state index contributed by atoms with van der Waals surface area (Å²) < 4.78 is 6.34. The number of benzene rings is 2. The minimum Gasteiger partial charge on any atom is -0.449 e. The van der Waals surface area contributed by atoms with E-state index in [1.54, 1.807) is 35.5 Å². The third-order valence-corrected chi connectivity index (χ3v) is 5.43. The van der Waals surface area contributed by atoms with Crippen molar-refractivity contribution in [3.8, 4) is 0 Å². The van der Waals surface area contributed by atoms with Crippen LogP contribution in [0.4, 0.5) is 0 Å². The van der Waals surface area contributed by atoms with Crippen molar-refractivity contribution in [2.75, 3.05) is 6.54 Å². The van der Waals surface area contributed by atoms with Crippen LogP contribution in [0.3, 0.4) is 0 Å². The number of hydrogen-bond donors (Lipinski definition) is 0. The lowest BCUT2D eigenvalue weighted by Gasteiger charge is -2.30. The van der Waals surface area contributed by atoms with Crippen molar-refractivity contribution in [2.24, 2.45) is 0 Å². The van der Waals surface area contributed by atoms with Gasteiger partial charge in [-0.05, 0) is 42.7 Å². The summed E-state index contributed by atoms with van der Waals surface area (Å²) in [4.78, 5) is 31.0. The molecular formula is C20H18N2O3S. The molecule has 3 aromatic rings. The number of fused-ring (bicyclic) bond motifs is 2. The summed E-state index contributed by atoms with van der Waals surface area (Å²) >= 11 is 1.47. The van der Waals surface area contributed by atoms with E-state index in [0.29, 0.717) is 18.7 Å². The number of aromatic nitrogens is 1. The van der Waals surface area contributed by atoms with Crippen molar-refractivity contribution in [1.82, 2.24) is 9.88 Å². The molecule has 0 bridgehead atoms. The van der Waals surface area contributed by atoms with Gasteiger partial charge in [0, 0.05) is 13.1 Å². The molecule has 0 saturated heterocycles. The Labute approximate surface area is 155 Å². The maximum Gasteiger partial charge on any atom is 0.338 e. The molecule has 26 heavy (non-hydrogen) atoms. The molecule has 1 aromatic heterocycles. The van der Waals surface area contributed by atoms with Crippen LogP contribution in [-0.4, -0.2) is 34.4 Å². The monoisotopic (exact) mass is 366 g/mol. The predicted octanol–water partition coefficient (Wildman–Crippen LogP) is 3.43. The van der Waals surface area contributed by atoms with E-state index in [1.807, 2.05) is 18.2 Å². The smallest absolute Gasteiger partial charge is 0.338 e. The molecule has 2 aromatic carbocycles. The van der Waals surface area contributed by atoms with E-state index in [2.05, 4.69) is 11.1 Å². The summed E-state index contributed by atoms with van der Waals surface area (Å²) in [6.07, 6.45) is 0.00914. The van der Waals surface area contributed by atoms with Gasteiger partial charge in [-0.2, -0.15) is 0 Å². The maximum absolute atomic E-state index is 12.7. The highest BCUT2D eigenvalue weighted by Gasteiger charge is 2.27. The molecule has 132 valence electrons. The zero-order valence-electron chi connectivity index (χ0n) is 14.3. The zero-order chi connectivity index (χ0) is 18.1. The van der Waals surface area contributed by atoms with Crippen LogP contribution in [0.1, 0.15) is 28.4 Å². The standard InChI is InChI=1S/C20H18N2O3S/c1-13(19(23)22-9-8-14-4-2-3-5-16(14)11-22)25-20(24)15-6-7-17-18(10-15)26-12-21-17/h2-7,10,12-13H,8-9,11H2,1H3. The summed E-state index contributed by atoms with van der Waals surface area (Å²) in [7, 11) is 0. The van der Waals surface area contributed by atoms with Crippen LogP contribution in [0.25, 0.3) is 10.2 Å². The lowest BCUT2D eigenvalue weighted by atomic mass is 9.99. The number of esters is 1. The Hall–Kier alpha value is -2.73. The van der Waals surface area contributed by atoms with Crippen molar-refractivity contribution < 1.29 is 14.3 Å². The van der Waals surface area contributed by atoms with Crippen LogP contribution in [0.15, 0.2) is 48.0 Å². The average Bonchev–Trinajstić information content (AvgIpc) is 3.14. The van der Waals surface area contributed by atoms with Crippen LogP contribution in [0.5, 0.6) is 0 Å². The molecule has 0 aliphatic carbocycles. The van der Waals surface area contributed by atoms with E-state index in [9.17, 15) is 9.59 Å². The molecule has 0 spiro atoms. The van der Waals surface area contributed by atoms with E-state index < -0.39 is 12.1 Å². The van der Waals surface area contributed by atoms with E-state index in [4.69, 9.17) is 4.74 Å². The number of rotatable bonds is 3. The van der Waals surface area contributed by atoms with Gasteiger partial charge in [-0.1, -0.05) is 24.3 Å². The fraction of sp³-hybridized carbons (Fsp3) is 0.250. The second-order valence-electron chi connectivity index (χ2n) is 6.36. The summed E-state index contributed by atoms with van der Waals surface area (Å²) in [5.74, 6) is -0.648. The van der Waals surface area contributed by atoms with Crippen molar-refractivity contribution in [1.29, 1.82) is 0 Å². The number of hydrogen-bond acceptors (Lipinski definition) is 5. The molecule has 2 heterocycles. The average molecular weight is 366 g/mol. The lowest BCUT2D eigenvalue weighted by Crippen LogP contribution is -2.42. The largest absolute Gasteiger partial charge is 0.449 e. The van der Waals surface area contributed by atoms with Crippen molar-refractivity contribution in [3.05, 3.63) is 64.7 Å². The van der Waals surface area contributed by atoms with Crippen LogP contribution in [0, 0.1) is 0 Å². The summed E-state index contributed by atoms with van der Waals surface area (Å²) in [5.41, 5.74) is 5.45. The molecule has 4 rings (SSSR count). The number of ether oxygens (including phenoxy) is 1. The maximum atomic E-state index is 12.7. The van der Waals surface area contributed by atoms with E-state index in [1.165, 1.54) is 16.9 Å². The van der Waals surface area contributed by atoms with Gasteiger partial charge in [0.05, 0.1) is 21.3 Å². The van der Waals surface area contributed by atoms with Crippen LogP contribution in [0.2, 0.25) is 0 Å². The van der Waals surface area contributed by atoms with Gasteiger partial charge in [0.15, 0.2) is 6.10 Å². The molecule has 5 nitrogen and oxygen atoms in total. The molecule has 6 heteroatoms. The second kappa shape index (κ2) is 6.88. The van der Waals surface area contributed by atoms with Gasteiger partial charge in [0.25, 0.3) is 5.91 Å². The molecule has 1 aliphatic heterocycles. The van der Waals surface area contributed by atoms with E-state index in [0.717, 1.165) is 22.2 Å². The minimum atomic E-state index is -0.815. The van der Waals surface area contributed by atoms with Crippen LogP contribution in [-0.2, 0) is 22.5 Å². The number of nitrogens with zero attached hydrogens (tertiary/aromatic N) is 2. The van der Waals surface area contributed by atoms with Gasteiger partial charge in [-0.3, -0.25) is 4.79 Å². The van der Waals surface area contributed by atoms with Gasteiger partial charge in [-0.25, -0.2) is 9.78 Å². The van der Waals surface area contributed by atoms with E-state index in [-0.39, 0.29) is 5.91 Å². The molecule has 0 N–H and O–H groups in total. The Balaban J connectivity index is 1.43. The van der Waals surface area contributed by atoms with Gasteiger partial charge in [0.2, 0.25) is 0 Å². The second-order valence-corrected chi connectivity index (χ2v) is 7.25. The SMILES string of the molecule is CC(OC(=O)c1ccc2ncsc2c1)C(=O)N1CCc2ccccc2C1. The van der Waals surface area contributed by atoms with Gasteiger partial charge in [-0.15, -0.1) is 11.3 Å². The molecule has 1 aliphatic rings. The molecule has 1 amide bonds. The summed E-state index contributed by atoms with van der Waals surface area (Å²) in [6, 6.07) is 13.3. The zero-order valence-corrected chi connectivity index (χ0v) is 15.2. The summed E-state index contributed by atoms with van der Waals surface area (Å²) in [5, 5.41) is 0. The molecule has 0 saturated carbocycles. The number of thiazole rings is 1. The molecule has 1 unspecified atom stereocenters. The Morgan fingerprint density at radius 1 is 1.19 bits per heavy atom. The Bertz CT molecular complexity index is 982. The lowest BCUT2D eigenvalue weighted by molar-refractivity contribution is -0.140. The third-order valence-electron chi connectivity index (χ3n) is 4.64. The molecule has 1 atom stereocenters. The molecular weight excluding hydrogens is 348 g/mol. The number of carbonyl (C=O) groups is 2. The Morgan fingerprint density at radius 2 is 2.00 bits per heavy atom. The first-order valence-corrected chi connectivity index (χ1v) is 9.39. The first kappa shape index (κ1) is 16.7. The molecule has 0 fully saturated rings. The topological polar surface area (TPSA) is 59.5 Å². The fourth-order valence-corrected chi connectivity index (χ4v) is 3.92. The first-order valence-electron chi connectivity index (χ1n) is 8.51. The molecule has 0 radical (unpaired) electrons. The number of carbonyl (C=O) groups excluding carboxylic acids is 2. The van der Waals surface area contributed by atoms with Crippen LogP contribution < -0.4 is 0 Å². The summed E-state index contributed by atoms with van der Waals surface area (Å²) in [6.45, 7) is 2.83. The predicted molar refractivity (Wildman–Crippen MR) is 100 cm³/mol. The van der Waals surface area contributed by atoms with Crippen molar-refractivity contribution in [3.63, 3.8) is 0 Å². The van der Waals surface area contributed by atoms with Crippen molar-refractivity contribution in [2.45, 2.75) is 26.0 Å². The van der Waals surface area contributed by atoms with Gasteiger partial charge in [0.1, 0.15) is 0 Å². The van der Waals surface area contributed by atoms with Gasteiger partial charge < -0.3 is 9.64 Å². The highest BCUT2D eigenvalue weighted by molar-refractivity contribution is 7.16. The van der Waals surface area contributed by atoms with Crippen LogP contribution >= 0.6 is 11.3 Å². The Morgan fingerprint density at radius 3 is 2.85 bits per heavy atom. The van der Waals surface area contributed by atoms with E-state index >= 15 is 0 Å². The highest BCUT2D eigenvalue weighted by atomic mass is 32.1. The minimum absolute atomic E-state index is 0.160. The highest BCUT2D eigenvalue weighted by Crippen LogP contribution is 2.21. The normalized spacial score (nSPS) is 14.7. The quantitative estimate of drug-likeness (QED) is 0.667. The van der Waals surface area contributed by atoms with Crippen molar-refractivity contribution >= 4 is 33.4 Å². The third kappa shape index (κ3) is 3.20. The fourth-order valence-electron chi connectivity index (χ4n) is 3.20. The first-order chi connectivity index (χ1) is 12.6. The Kier molecular flexibility index (Phi) is 4.42.